The van der Waals surface area contributed by atoms with Crippen LogP contribution in [0.15, 0.2) is 41.8 Å². The van der Waals surface area contributed by atoms with E-state index in [4.69, 9.17) is 5.73 Å². The lowest BCUT2D eigenvalue weighted by Crippen LogP contribution is -1.98. The largest absolute Gasteiger partial charge is 0.326 e. The number of rotatable bonds is 3. The fourth-order valence-electron chi connectivity index (χ4n) is 2.50. The van der Waals surface area contributed by atoms with Crippen molar-refractivity contribution in [2.45, 2.75) is 20.4 Å². The summed E-state index contributed by atoms with van der Waals surface area (Å²) in [6.45, 7) is 4.76. The van der Waals surface area contributed by atoms with Crippen LogP contribution in [0.2, 0.25) is 0 Å². The van der Waals surface area contributed by atoms with Crippen molar-refractivity contribution in [3.8, 4) is 16.8 Å². The second kappa shape index (κ2) is 5.23. The van der Waals surface area contributed by atoms with Crippen LogP contribution in [0.25, 0.3) is 16.8 Å². The van der Waals surface area contributed by atoms with Crippen molar-refractivity contribution in [2.75, 3.05) is 0 Å². The zero-order valence-electron chi connectivity index (χ0n) is 11.6. The zero-order chi connectivity index (χ0) is 14.1. The molecule has 2 aromatic heterocycles. The monoisotopic (exact) mass is 283 g/mol. The lowest BCUT2D eigenvalue weighted by atomic mass is 10.1. The first kappa shape index (κ1) is 13.1. The molecule has 4 heteroatoms. The van der Waals surface area contributed by atoms with Gasteiger partial charge < -0.3 is 5.73 Å². The second-order valence-electron chi connectivity index (χ2n) is 4.80. The number of aryl methyl sites for hydroxylation is 1. The molecule has 0 spiro atoms. The number of thiophene rings is 1. The summed E-state index contributed by atoms with van der Waals surface area (Å²) in [6.07, 6.45) is 0. The van der Waals surface area contributed by atoms with Gasteiger partial charge in [0, 0.05) is 22.7 Å². The minimum atomic E-state index is 0.593. The molecular weight excluding hydrogens is 266 g/mol. The normalized spacial score (nSPS) is 10.9. The van der Waals surface area contributed by atoms with Crippen LogP contribution >= 0.6 is 11.3 Å². The first-order chi connectivity index (χ1) is 9.70. The molecule has 0 saturated carbocycles. The summed E-state index contributed by atoms with van der Waals surface area (Å²) in [7, 11) is 0. The number of hydrogen-bond acceptors (Lipinski definition) is 3. The van der Waals surface area contributed by atoms with Crippen LogP contribution in [0.1, 0.15) is 16.3 Å². The summed E-state index contributed by atoms with van der Waals surface area (Å²) in [4.78, 5) is 1.20. The van der Waals surface area contributed by atoms with E-state index in [1.54, 1.807) is 11.3 Å². The Kier molecular flexibility index (Phi) is 3.42. The number of hydrogen-bond donors (Lipinski definition) is 1. The maximum atomic E-state index is 5.70. The summed E-state index contributed by atoms with van der Waals surface area (Å²) >= 11 is 1.70. The predicted octanol–water partition coefficient (Wildman–Crippen LogP) is 3.68. The Bertz CT molecular complexity index is 726. The SMILES string of the molecule is Cc1nn(-c2ccccc2)c(C)c1-c1csc(CN)c1. The zero-order valence-corrected chi connectivity index (χ0v) is 12.4. The van der Waals surface area contributed by atoms with Crippen molar-refractivity contribution >= 4 is 11.3 Å². The molecule has 2 N–H and O–H groups in total. The standard InChI is InChI=1S/C16H17N3S/c1-11-16(13-8-15(9-17)20-10-13)12(2)19(18-11)14-6-4-3-5-7-14/h3-8,10H,9,17H2,1-2H3. The third-order valence-corrected chi connectivity index (χ3v) is 4.39. The van der Waals surface area contributed by atoms with Gasteiger partial charge in [-0.15, -0.1) is 11.3 Å². The highest BCUT2D eigenvalue weighted by Crippen LogP contribution is 2.31. The average Bonchev–Trinajstić information content (AvgIpc) is 3.04. The van der Waals surface area contributed by atoms with Gasteiger partial charge in [-0.3, -0.25) is 0 Å². The van der Waals surface area contributed by atoms with E-state index >= 15 is 0 Å². The number of benzene rings is 1. The molecule has 0 aliphatic carbocycles. The molecule has 3 rings (SSSR count). The number of nitrogens with two attached hydrogens (primary N) is 1. The van der Waals surface area contributed by atoms with Gasteiger partial charge in [0.15, 0.2) is 0 Å². The Morgan fingerprint density at radius 2 is 1.95 bits per heavy atom. The van der Waals surface area contributed by atoms with Crippen molar-refractivity contribution in [1.82, 2.24) is 9.78 Å². The van der Waals surface area contributed by atoms with Crippen LogP contribution in [0.4, 0.5) is 0 Å². The van der Waals surface area contributed by atoms with Crippen LogP contribution in [0.3, 0.4) is 0 Å². The molecule has 0 atom stereocenters. The average molecular weight is 283 g/mol. The number of nitrogens with zero attached hydrogens (tertiary/aromatic N) is 2. The van der Waals surface area contributed by atoms with Gasteiger partial charge in [-0.05, 0) is 43.0 Å². The molecule has 0 amide bonds. The Hall–Kier alpha value is -1.91. The van der Waals surface area contributed by atoms with Crippen molar-refractivity contribution in [3.63, 3.8) is 0 Å². The molecule has 3 aromatic rings. The third-order valence-electron chi connectivity index (χ3n) is 3.44. The highest BCUT2D eigenvalue weighted by atomic mass is 32.1. The summed E-state index contributed by atoms with van der Waals surface area (Å²) in [5.41, 5.74) is 11.4. The molecule has 0 saturated heterocycles. The fraction of sp³-hybridized carbons (Fsp3) is 0.188. The van der Waals surface area contributed by atoms with E-state index in [1.165, 1.54) is 16.0 Å². The van der Waals surface area contributed by atoms with Gasteiger partial charge in [-0.25, -0.2) is 4.68 Å². The Morgan fingerprint density at radius 3 is 2.60 bits per heavy atom. The topological polar surface area (TPSA) is 43.8 Å². The van der Waals surface area contributed by atoms with E-state index < -0.39 is 0 Å². The maximum absolute atomic E-state index is 5.70. The lowest BCUT2D eigenvalue weighted by Gasteiger charge is -2.04. The van der Waals surface area contributed by atoms with Crippen molar-refractivity contribution in [1.29, 1.82) is 0 Å². The van der Waals surface area contributed by atoms with Gasteiger partial charge in [-0.1, -0.05) is 18.2 Å². The summed E-state index contributed by atoms with van der Waals surface area (Å²) in [5, 5.41) is 6.84. The minimum absolute atomic E-state index is 0.593. The second-order valence-corrected chi connectivity index (χ2v) is 5.79. The summed E-state index contributed by atoms with van der Waals surface area (Å²) in [6, 6.07) is 12.4. The smallest absolute Gasteiger partial charge is 0.0679 e. The van der Waals surface area contributed by atoms with Gasteiger partial charge in [0.2, 0.25) is 0 Å². The van der Waals surface area contributed by atoms with Gasteiger partial charge in [0.25, 0.3) is 0 Å². The molecule has 102 valence electrons. The van der Waals surface area contributed by atoms with Gasteiger partial charge in [-0.2, -0.15) is 5.10 Å². The number of aromatic nitrogens is 2. The molecular formula is C16H17N3S. The molecule has 3 nitrogen and oxygen atoms in total. The van der Waals surface area contributed by atoms with Crippen LogP contribution in [0.5, 0.6) is 0 Å². The quantitative estimate of drug-likeness (QED) is 0.797. The first-order valence-corrected chi connectivity index (χ1v) is 7.48. The van der Waals surface area contributed by atoms with E-state index in [2.05, 4.69) is 42.5 Å². The summed E-state index contributed by atoms with van der Waals surface area (Å²) in [5.74, 6) is 0. The highest BCUT2D eigenvalue weighted by molar-refractivity contribution is 7.10. The molecule has 0 fully saturated rings. The third kappa shape index (κ3) is 2.17. The van der Waals surface area contributed by atoms with E-state index in [0.717, 1.165) is 17.1 Å². The Morgan fingerprint density at radius 1 is 1.20 bits per heavy atom. The first-order valence-electron chi connectivity index (χ1n) is 6.60. The minimum Gasteiger partial charge on any atom is -0.326 e. The molecule has 1 aromatic carbocycles. The molecule has 2 heterocycles. The van der Waals surface area contributed by atoms with Crippen molar-refractivity contribution in [2.24, 2.45) is 5.73 Å². The van der Waals surface area contributed by atoms with E-state index in [0.29, 0.717) is 6.54 Å². The Labute approximate surface area is 122 Å². The Balaban J connectivity index is 2.12. The highest BCUT2D eigenvalue weighted by Gasteiger charge is 2.15. The molecule has 0 unspecified atom stereocenters. The van der Waals surface area contributed by atoms with Gasteiger partial charge >= 0.3 is 0 Å². The molecule has 0 aliphatic heterocycles. The molecule has 0 aliphatic rings. The maximum Gasteiger partial charge on any atom is 0.0679 e. The lowest BCUT2D eigenvalue weighted by molar-refractivity contribution is 0.834. The van der Waals surface area contributed by atoms with Gasteiger partial charge in [0.1, 0.15) is 0 Å². The number of para-hydroxylation sites is 1. The van der Waals surface area contributed by atoms with Crippen LogP contribution in [-0.2, 0) is 6.54 Å². The van der Waals surface area contributed by atoms with E-state index in [-0.39, 0.29) is 0 Å². The predicted molar refractivity (Wildman–Crippen MR) is 84.2 cm³/mol. The van der Waals surface area contributed by atoms with Crippen LogP contribution < -0.4 is 5.73 Å². The molecule has 0 radical (unpaired) electrons. The van der Waals surface area contributed by atoms with Gasteiger partial charge in [0.05, 0.1) is 11.4 Å². The van der Waals surface area contributed by atoms with E-state index in [1.807, 2.05) is 22.9 Å². The van der Waals surface area contributed by atoms with Crippen molar-refractivity contribution in [3.05, 3.63) is 58.0 Å². The molecule has 0 bridgehead atoms. The van der Waals surface area contributed by atoms with Crippen molar-refractivity contribution < 1.29 is 0 Å². The van der Waals surface area contributed by atoms with Crippen LogP contribution in [0, 0.1) is 13.8 Å². The van der Waals surface area contributed by atoms with E-state index in [9.17, 15) is 0 Å². The van der Waals surface area contributed by atoms with Crippen LogP contribution in [-0.4, -0.2) is 9.78 Å². The fourth-order valence-corrected chi connectivity index (χ4v) is 3.26. The molecule has 20 heavy (non-hydrogen) atoms. The summed E-state index contributed by atoms with van der Waals surface area (Å²) < 4.78 is 2.00.